The lowest BCUT2D eigenvalue weighted by Gasteiger charge is -2.63. The second-order valence-corrected chi connectivity index (χ2v) is 13.6. The Balaban J connectivity index is 0.852. The van der Waals surface area contributed by atoms with E-state index in [0.29, 0.717) is 23.2 Å². The van der Waals surface area contributed by atoms with Gasteiger partial charge in [-0.25, -0.2) is 14.5 Å². The van der Waals surface area contributed by atoms with Crippen molar-refractivity contribution in [3.63, 3.8) is 0 Å². The van der Waals surface area contributed by atoms with E-state index in [4.69, 9.17) is 0 Å². The van der Waals surface area contributed by atoms with Gasteiger partial charge in [0.15, 0.2) is 5.82 Å². The van der Waals surface area contributed by atoms with Crippen molar-refractivity contribution in [1.29, 1.82) is 0 Å². The van der Waals surface area contributed by atoms with Gasteiger partial charge >= 0.3 is 6.03 Å². The first-order valence-corrected chi connectivity index (χ1v) is 14.4. The van der Waals surface area contributed by atoms with Gasteiger partial charge in [-0.3, -0.25) is 4.21 Å². The van der Waals surface area contributed by atoms with E-state index >= 15 is 0 Å². The number of benzene rings is 1. The van der Waals surface area contributed by atoms with E-state index in [1.54, 1.807) is 12.6 Å². The van der Waals surface area contributed by atoms with Crippen LogP contribution in [0.4, 0.5) is 4.79 Å². The van der Waals surface area contributed by atoms with Crippen LogP contribution in [0, 0.1) is 16.7 Å². The van der Waals surface area contributed by atoms with Crippen LogP contribution in [0.15, 0.2) is 35.5 Å². The van der Waals surface area contributed by atoms with Gasteiger partial charge in [0.25, 0.3) is 0 Å². The maximum Gasteiger partial charge on any atom is 0.320 e. The molecule has 5 aliphatic rings. The Hall–Kier alpha value is -2.26. The van der Waals surface area contributed by atoms with Crippen molar-refractivity contribution in [2.45, 2.75) is 61.5 Å². The van der Waals surface area contributed by atoms with Gasteiger partial charge in [0, 0.05) is 59.0 Å². The molecule has 3 saturated carbocycles. The Kier molecular flexibility index (Phi) is 4.64. The predicted molar refractivity (Wildman–Crippen MR) is 130 cm³/mol. The first-order valence-electron chi connectivity index (χ1n) is 12.8. The zero-order valence-corrected chi connectivity index (χ0v) is 21.0. The smallest absolute Gasteiger partial charge is 0.320 e. The number of likely N-dealkylation sites (tertiary alicyclic amines) is 2. The maximum atomic E-state index is 13.0. The average molecular weight is 496 g/mol. The van der Waals surface area contributed by atoms with E-state index in [2.05, 4.69) is 22.2 Å². The SMILES string of the molecule is CS(=O)c1cccc(CC2CC3(C2)CN(C(=O)N2CC4(CC(n5cnc(C6(O)CC6)n5)C4)C2)C3)c1. The Labute approximate surface area is 208 Å². The molecule has 1 atom stereocenters. The molecule has 1 aromatic carbocycles. The fourth-order valence-corrected chi connectivity index (χ4v) is 7.73. The Morgan fingerprint density at radius 1 is 1.09 bits per heavy atom. The molecule has 3 aliphatic carbocycles. The number of urea groups is 1. The van der Waals surface area contributed by atoms with Crippen LogP contribution in [-0.4, -0.2) is 72.3 Å². The van der Waals surface area contributed by atoms with Crippen LogP contribution >= 0.6 is 0 Å². The average Bonchev–Trinajstić information content (AvgIpc) is 3.27. The molecule has 7 rings (SSSR count). The Morgan fingerprint density at radius 2 is 1.74 bits per heavy atom. The molecule has 0 radical (unpaired) electrons. The van der Waals surface area contributed by atoms with Crippen LogP contribution in [0.5, 0.6) is 0 Å². The second kappa shape index (κ2) is 7.38. The second-order valence-electron chi connectivity index (χ2n) is 12.2. The number of hydrogen-bond acceptors (Lipinski definition) is 5. The summed E-state index contributed by atoms with van der Waals surface area (Å²) in [5.41, 5.74) is 1.10. The molecule has 1 aromatic heterocycles. The molecule has 1 N–H and O–H groups in total. The van der Waals surface area contributed by atoms with Gasteiger partial charge in [0.05, 0.1) is 6.04 Å². The highest BCUT2D eigenvalue weighted by Crippen LogP contribution is 2.56. The predicted octanol–water partition coefficient (Wildman–Crippen LogP) is 2.71. The van der Waals surface area contributed by atoms with Gasteiger partial charge in [-0.1, -0.05) is 12.1 Å². The lowest BCUT2D eigenvalue weighted by molar-refractivity contribution is -0.107. The summed E-state index contributed by atoms with van der Waals surface area (Å²) in [6.07, 6.45) is 10.5. The van der Waals surface area contributed by atoms with Crippen LogP contribution in [0.25, 0.3) is 0 Å². The van der Waals surface area contributed by atoms with Gasteiger partial charge in [-0.15, -0.1) is 0 Å². The van der Waals surface area contributed by atoms with Crippen molar-refractivity contribution in [2.75, 3.05) is 32.4 Å². The molecule has 2 spiro atoms. The van der Waals surface area contributed by atoms with Crippen molar-refractivity contribution in [3.8, 4) is 0 Å². The van der Waals surface area contributed by atoms with Gasteiger partial charge in [0.2, 0.25) is 0 Å². The van der Waals surface area contributed by atoms with Crippen LogP contribution in [0.3, 0.4) is 0 Å². The maximum absolute atomic E-state index is 13.0. The van der Waals surface area contributed by atoms with Crippen molar-refractivity contribution in [2.24, 2.45) is 16.7 Å². The number of carbonyl (C=O) groups excluding carboxylic acids is 1. The summed E-state index contributed by atoms with van der Waals surface area (Å²) in [5.74, 6) is 1.24. The monoisotopic (exact) mass is 495 g/mol. The van der Waals surface area contributed by atoms with Gasteiger partial charge in [-0.2, -0.15) is 5.10 Å². The molecule has 0 bridgehead atoms. The molecule has 2 amide bonds. The summed E-state index contributed by atoms with van der Waals surface area (Å²) >= 11 is 0. The van der Waals surface area contributed by atoms with E-state index in [1.165, 1.54) is 18.4 Å². The number of hydrogen-bond donors (Lipinski definition) is 1. The highest BCUT2D eigenvalue weighted by atomic mass is 32.2. The Bertz CT molecular complexity index is 1200. The van der Waals surface area contributed by atoms with E-state index in [0.717, 1.165) is 63.2 Å². The summed E-state index contributed by atoms with van der Waals surface area (Å²) in [6.45, 7) is 3.51. The molecule has 1 unspecified atom stereocenters. The van der Waals surface area contributed by atoms with Crippen LogP contribution in [-0.2, 0) is 22.8 Å². The van der Waals surface area contributed by atoms with Crippen molar-refractivity contribution >= 4 is 16.8 Å². The molecule has 3 heterocycles. The highest BCUT2D eigenvalue weighted by molar-refractivity contribution is 7.84. The lowest BCUT2D eigenvalue weighted by atomic mass is 9.56. The third-order valence-corrected chi connectivity index (χ3v) is 10.1. The number of aliphatic hydroxyl groups is 1. The molecular formula is C26H33N5O3S. The van der Waals surface area contributed by atoms with Crippen LogP contribution < -0.4 is 0 Å². The number of nitrogens with zero attached hydrogens (tertiary/aromatic N) is 5. The summed E-state index contributed by atoms with van der Waals surface area (Å²) in [4.78, 5) is 22.3. The zero-order chi connectivity index (χ0) is 24.0. The number of rotatable bonds is 5. The lowest BCUT2D eigenvalue weighted by Crippen LogP contribution is -2.71. The van der Waals surface area contributed by atoms with E-state index in [-0.39, 0.29) is 11.4 Å². The molecule has 2 aliphatic heterocycles. The fraction of sp³-hybridized carbons (Fsp3) is 0.654. The zero-order valence-electron chi connectivity index (χ0n) is 20.2. The minimum atomic E-state index is -0.933. The largest absolute Gasteiger partial charge is 0.382 e. The Morgan fingerprint density at radius 3 is 2.37 bits per heavy atom. The number of aromatic nitrogens is 3. The molecule has 2 aromatic rings. The molecule has 186 valence electrons. The summed E-state index contributed by atoms with van der Waals surface area (Å²) in [5, 5.41) is 14.7. The van der Waals surface area contributed by atoms with Gasteiger partial charge in [0.1, 0.15) is 11.9 Å². The highest BCUT2D eigenvalue weighted by Gasteiger charge is 2.58. The van der Waals surface area contributed by atoms with Crippen LogP contribution in [0.1, 0.15) is 56.0 Å². The van der Waals surface area contributed by atoms with Crippen LogP contribution in [0.2, 0.25) is 0 Å². The minimum absolute atomic E-state index is 0.213. The van der Waals surface area contributed by atoms with E-state index in [9.17, 15) is 14.1 Å². The molecule has 5 fully saturated rings. The number of carbonyl (C=O) groups is 1. The normalized spacial score (nSPS) is 26.6. The van der Waals surface area contributed by atoms with E-state index < -0.39 is 16.4 Å². The topological polar surface area (TPSA) is 91.6 Å². The van der Waals surface area contributed by atoms with Crippen molar-refractivity contribution in [1.82, 2.24) is 24.6 Å². The first-order chi connectivity index (χ1) is 16.7. The molecule has 8 nitrogen and oxygen atoms in total. The summed E-state index contributed by atoms with van der Waals surface area (Å²) in [7, 11) is -0.933. The van der Waals surface area contributed by atoms with Crippen molar-refractivity contribution < 1.29 is 14.1 Å². The standard InChI is InChI=1S/C26H33N5O3S/c1-35(34)21-4-2-3-18(8-21)7-19-9-24(10-19)13-29(14-24)23(32)30-15-25(16-30)11-20(12-25)31-17-27-22(28-31)26(33)5-6-26/h2-4,8,17,19-20,33H,5-7,9-16H2,1H3. The molecule has 9 heteroatoms. The van der Waals surface area contributed by atoms with E-state index in [1.807, 2.05) is 26.6 Å². The quantitative estimate of drug-likeness (QED) is 0.689. The number of amides is 2. The van der Waals surface area contributed by atoms with Crippen molar-refractivity contribution in [3.05, 3.63) is 42.0 Å². The summed E-state index contributed by atoms with van der Waals surface area (Å²) in [6, 6.07) is 8.72. The third kappa shape index (κ3) is 3.65. The van der Waals surface area contributed by atoms with Gasteiger partial charge < -0.3 is 14.9 Å². The fourth-order valence-electron chi connectivity index (χ4n) is 7.14. The van der Waals surface area contributed by atoms with Gasteiger partial charge in [-0.05, 0) is 68.6 Å². The summed E-state index contributed by atoms with van der Waals surface area (Å²) < 4.78 is 13.7. The minimum Gasteiger partial charge on any atom is -0.382 e. The third-order valence-electron chi connectivity index (χ3n) is 9.20. The first kappa shape index (κ1) is 22.0. The molecular weight excluding hydrogens is 462 g/mol. The molecule has 35 heavy (non-hydrogen) atoms. The molecule has 2 saturated heterocycles.